The Labute approximate surface area is 177 Å². The molecule has 2 fully saturated rings. The van der Waals surface area contributed by atoms with Gasteiger partial charge in [0.1, 0.15) is 0 Å². The van der Waals surface area contributed by atoms with Gasteiger partial charge in [0.05, 0.1) is 10.0 Å². The molecule has 2 aliphatic rings. The minimum Gasteiger partial charge on any atom is -0.322 e. The van der Waals surface area contributed by atoms with Crippen LogP contribution < -0.4 is 10.6 Å². The van der Waals surface area contributed by atoms with Crippen molar-refractivity contribution in [3.8, 4) is 0 Å². The summed E-state index contributed by atoms with van der Waals surface area (Å²) in [7, 11) is 0. The van der Waals surface area contributed by atoms with Crippen LogP contribution in [0.1, 0.15) is 12.8 Å². The topological polar surface area (TPSA) is 47.6 Å². The molecule has 2 saturated heterocycles. The lowest BCUT2D eigenvalue weighted by Gasteiger charge is -2.37. The van der Waals surface area contributed by atoms with Gasteiger partial charge in [0.2, 0.25) is 0 Å². The Hall–Kier alpha value is -0.430. The van der Waals surface area contributed by atoms with Gasteiger partial charge in [-0.15, -0.1) is 24.8 Å². The molecule has 1 aromatic carbocycles. The Balaban J connectivity index is 0.00000169. The number of hydrogen-bond donors (Lipinski definition) is 2. The first-order chi connectivity index (χ1) is 11.6. The zero-order chi connectivity index (χ0) is 16.9. The summed E-state index contributed by atoms with van der Waals surface area (Å²) in [5.41, 5.74) is 0.671. The fourth-order valence-electron chi connectivity index (χ4n) is 3.35. The fraction of sp³-hybridized carbons (Fsp3) is 0.588. The number of carbonyl (C=O) groups excluding carboxylic acids is 1. The molecule has 0 spiro atoms. The monoisotopic (exact) mass is 442 g/mol. The Morgan fingerprint density at radius 3 is 2.50 bits per heavy atom. The number of amides is 2. The van der Waals surface area contributed by atoms with Crippen molar-refractivity contribution in [3.05, 3.63) is 28.2 Å². The van der Waals surface area contributed by atoms with Crippen molar-refractivity contribution >= 4 is 59.7 Å². The van der Waals surface area contributed by atoms with Crippen LogP contribution in [0.2, 0.25) is 10.0 Å². The average Bonchev–Trinajstić information content (AvgIpc) is 2.60. The summed E-state index contributed by atoms with van der Waals surface area (Å²) in [5, 5.41) is 7.29. The molecule has 3 rings (SSSR count). The van der Waals surface area contributed by atoms with Crippen LogP contribution in [0.4, 0.5) is 10.5 Å². The molecule has 0 unspecified atom stereocenters. The third kappa shape index (κ3) is 6.63. The molecule has 148 valence electrons. The van der Waals surface area contributed by atoms with Crippen molar-refractivity contribution in [1.82, 2.24) is 15.1 Å². The van der Waals surface area contributed by atoms with Crippen LogP contribution in [0, 0.1) is 5.92 Å². The molecule has 2 N–H and O–H groups in total. The van der Waals surface area contributed by atoms with Crippen LogP contribution in [0.3, 0.4) is 0 Å². The third-order valence-electron chi connectivity index (χ3n) is 4.75. The van der Waals surface area contributed by atoms with E-state index in [1.165, 1.54) is 12.8 Å². The van der Waals surface area contributed by atoms with Gasteiger partial charge in [-0.2, -0.15) is 0 Å². The number of urea groups is 1. The van der Waals surface area contributed by atoms with Crippen LogP contribution in [-0.4, -0.2) is 61.6 Å². The van der Waals surface area contributed by atoms with Gasteiger partial charge in [-0.05, 0) is 50.0 Å². The summed E-state index contributed by atoms with van der Waals surface area (Å²) in [6, 6.07) is 5.05. The van der Waals surface area contributed by atoms with Crippen LogP contribution in [0.5, 0.6) is 0 Å². The normalized spacial score (nSPS) is 20.7. The first-order valence-electron chi connectivity index (χ1n) is 8.56. The van der Waals surface area contributed by atoms with Crippen molar-refractivity contribution < 1.29 is 4.79 Å². The first kappa shape index (κ1) is 23.6. The van der Waals surface area contributed by atoms with Crippen LogP contribution >= 0.6 is 48.0 Å². The Kier molecular flexibility index (Phi) is 10.4. The van der Waals surface area contributed by atoms with Crippen molar-refractivity contribution in [1.29, 1.82) is 0 Å². The highest BCUT2D eigenvalue weighted by Crippen LogP contribution is 2.25. The number of carbonyl (C=O) groups is 1. The van der Waals surface area contributed by atoms with E-state index in [0.717, 1.165) is 51.7 Å². The highest BCUT2D eigenvalue weighted by molar-refractivity contribution is 6.42. The lowest BCUT2D eigenvalue weighted by Crippen LogP contribution is -2.51. The zero-order valence-electron chi connectivity index (χ0n) is 14.5. The highest BCUT2D eigenvalue weighted by Gasteiger charge is 2.24. The minimum atomic E-state index is -0.0765. The summed E-state index contributed by atoms with van der Waals surface area (Å²) >= 11 is 11.9. The number of nitrogens with zero attached hydrogens (tertiary/aromatic N) is 2. The van der Waals surface area contributed by atoms with E-state index in [2.05, 4.69) is 15.5 Å². The standard InChI is InChI=1S/C17H24Cl2N4O.2ClH/c18-15-4-3-14(10-16(15)19)21-17(24)23-8-6-22(7-9-23)12-13-2-1-5-20-11-13;;/h3-4,10,13,20H,1-2,5-9,11-12H2,(H,21,24);2*1H/t13-;;/m1../s1. The summed E-state index contributed by atoms with van der Waals surface area (Å²) in [5.74, 6) is 0.746. The molecule has 1 aromatic rings. The number of nitrogens with one attached hydrogen (secondary N) is 2. The maximum absolute atomic E-state index is 12.4. The quantitative estimate of drug-likeness (QED) is 0.742. The molecule has 5 nitrogen and oxygen atoms in total. The molecule has 0 aliphatic carbocycles. The fourth-order valence-corrected chi connectivity index (χ4v) is 3.65. The summed E-state index contributed by atoms with van der Waals surface area (Å²) in [6.45, 7) is 6.80. The second kappa shape index (κ2) is 11.4. The molecule has 2 amide bonds. The molecule has 0 bridgehead atoms. The maximum atomic E-state index is 12.4. The lowest BCUT2D eigenvalue weighted by atomic mass is 9.99. The maximum Gasteiger partial charge on any atom is 0.321 e. The molecule has 0 radical (unpaired) electrons. The highest BCUT2D eigenvalue weighted by atomic mass is 35.5. The van der Waals surface area contributed by atoms with Crippen molar-refractivity contribution in [2.24, 2.45) is 5.92 Å². The largest absolute Gasteiger partial charge is 0.322 e. The van der Waals surface area contributed by atoms with E-state index < -0.39 is 0 Å². The van der Waals surface area contributed by atoms with Gasteiger partial charge in [-0.25, -0.2) is 4.79 Å². The Morgan fingerprint density at radius 2 is 1.88 bits per heavy atom. The third-order valence-corrected chi connectivity index (χ3v) is 5.48. The summed E-state index contributed by atoms with van der Waals surface area (Å²) < 4.78 is 0. The van der Waals surface area contributed by atoms with E-state index in [1.807, 2.05) is 4.90 Å². The van der Waals surface area contributed by atoms with Gasteiger partial charge in [0.25, 0.3) is 0 Å². The zero-order valence-corrected chi connectivity index (χ0v) is 17.7. The predicted octanol–water partition coefficient (Wildman–Crippen LogP) is 3.99. The van der Waals surface area contributed by atoms with E-state index in [4.69, 9.17) is 23.2 Å². The summed E-state index contributed by atoms with van der Waals surface area (Å²) in [4.78, 5) is 16.7. The van der Waals surface area contributed by atoms with E-state index in [-0.39, 0.29) is 30.8 Å². The molecular formula is C17H26Cl4N4O. The SMILES string of the molecule is Cl.Cl.O=C(Nc1ccc(Cl)c(Cl)c1)N1CCN(C[C@@H]2CCCNC2)CC1. The Morgan fingerprint density at radius 1 is 1.15 bits per heavy atom. The van der Waals surface area contributed by atoms with Gasteiger partial charge in [0, 0.05) is 38.4 Å². The second-order valence-corrected chi connectivity index (χ2v) is 7.37. The smallest absolute Gasteiger partial charge is 0.321 e. The molecule has 2 aliphatic heterocycles. The van der Waals surface area contributed by atoms with Gasteiger partial charge < -0.3 is 15.5 Å². The number of benzene rings is 1. The minimum absolute atomic E-state index is 0. The molecule has 1 atom stereocenters. The molecule has 9 heteroatoms. The molecular weight excluding hydrogens is 418 g/mol. The van der Waals surface area contributed by atoms with E-state index in [9.17, 15) is 4.79 Å². The predicted molar refractivity (Wildman–Crippen MR) is 114 cm³/mol. The number of piperazine rings is 1. The van der Waals surface area contributed by atoms with Crippen LogP contribution in [0.25, 0.3) is 0 Å². The van der Waals surface area contributed by atoms with Crippen LogP contribution in [-0.2, 0) is 0 Å². The van der Waals surface area contributed by atoms with Crippen molar-refractivity contribution in [2.45, 2.75) is 12.8 Å². The molecule has 2 heterocycles. The number of halogens is 4. The second-order valence-electron chi connectivity index (χ2n) is 6.56. The van der Waals surface area contributed by atoms with Crippen molar-refractivity contribution in [2.75, 3.05) is 51.1 Å². The van der Waals surface area contributed by atoms with Gasteiger partial charge in [-0.3, -0.25) is 4.90 Å². The average molecular weight is 444 g/mol. The van der Waals surface area contributed by atoms with E-state index >= 15 is 0 Å². The van der Waals surface area contributed by atoms with E-state index in [0.29, 0.717) is 15.7 Å². The molecule has 0 aromatic heterocycles. The van der Waals surface area contributed by atoms with Gasteiger partial charge >= 0.3 is 6.03 Å². The number of hydrogen-bond acceptors (Lipinski definition) is 3. The summed E-state index contributed by atoms with van der Waals surface area (Å²) in [6.07, 6.45) is 2.59. The number of rotatable bonds is 3. The van der Waals surface area contributed by atoms with Crippen molar-refractivity contribution in [3.63, 3.8) is 0 Å². The van der Waals surface area contributed by atoms with E-state index in [1.54, 1.807) is 18.2 Å². The number of anilines is 1. The van der Waals surface area contributed by atoms with Crippen LogP contribution in [0.15, 0.2) is 18.2 Å². The Bertz CT molecular complexity index is 576. The lowest BCUT2D eigenvalue weighted by molar-refractivity contribution is 0.128. The molecule has 26 heavy (non-hydrogen) atoms. The number of piperidine rings is 1. The first-order valence-corrected chi connectivity index (χ1v) is 9.31. The molecule has 0 saturated carbocycles. The van der Waals surface area contributed by atoms with Gasteiger partial charge in [-0.1, -0.05) is 23.2 Å². The van der Waals surface area contributed by atoms with Gasteiger partial charge in [0.15, 0.2) is 0 Å².